The molecule has 0 bridgehead atoms. The Bertz CT molecular complexity index is 671. The van der Waals surface area contributed by atoms with Crippen molar-refractivity contribution in [3.05, 3.63) is 59.9 Å². The number of rotatable bonds is 5. The Hall–Kier alpha value is -2.69. The summed E-state index contributed by atoms with van der Waals surface area (Å²) < 4.78 is 13.4. The van der Waals surface area contributed by atoms with E-state index in [-0.39, 0.29) is 23.9 Å². The van der Waals surface area contributed by atoms with Gasteiger partial charge in [-0.25, -0.2) is 4.39 Å². The fourth-order valence-corrected chi connectivity index (χ4v) is 1.87. The minimum Gasteiger partial charge on any atom is -0.374 e. The average molecular weight is 286 g/mol. The quantitative estimate of drug-likeness (QED) is 0.830. The molecule has 2 aromatic carbocycles. The van der Waals surface area contributed by atoms with Crippen molar-refractivity contribution in [3.8, 4) is 0 Å². The average Bonchev–Trinajstić information content (AvgIpc) is 2.47. The van der Waals surface area contributed by atoms with Crippen LogP contribution < -0.4 is 10.6 Å². The molecule has 5 heteroatoms. The van der Waals surface area contributed by atoms with Crippen molar-refractivity contribution in [2.24, 2.45) is 0 Å². The minimum atomic E-state index is -0.422. The van der Waals surface area contributed by atoms with Crippen molar-refractivity contribution >= 4 is 23.1 Å². The highest BCUT2D eigenvalue weighted by molar-refractivity contribution is 6.04. The summed E-state index contributed by atoms with van der Waals surface area (Å²) in [6, 6.07) is 12.9. The third kappa shape index (κ3) is 3.89. The Morgan fingerprint density at radius 3 is 2.29 bits per heavy atom. The molecule has 0 aliphatic carbocycles. The van der Waals surface area contributed by atoms with Gasteiger partial charge in [0.05, 0.1) is 17.9 Å². The van der Waals surface area contributed by atoms with Gasteiger partial charge in [-0.2, -0.15) is 0 Å². The van der Waals surface area contributed by atoms with Gasteiger partial charge in [0.25, 0.3) is 0 Å². The van der Waals surface area contributed by atoms with Crippen LogP contribution in [0.2, 0.25) is 0 Å². The first-order valence-corrected chi connectivity index (χ1v) is 6.46. The molecule has 0 radical (unpaired) electrons. The molecule has 2 rings (SSSR count). The number of carbonyl (C=O) groups excluding carboxylic acids is 2. The molecule has 0 aliphatic heterocycles. The fourth-order valence-electron chi connectivity index (χ4n) is 1.87. The van der Waals surface area contributed by atoms with Crippen LogP contribution in [0.3, 0.4) is 0 Å². The van der Waals surface area contributed by atoms with Gasteiger partial charge in [0.2, 0.25) is 5.91 Å². The molecule has 4 nitrogen and oxygen atoms in total. The van der Waals surface area contributed by atoms with E-state index >= 15 is 0 Å². The Balaban J connectivity index is 2.00. The van der Waals surface area contributed by atoms with Crippen LogP contribution in [0.5, 0.6) is 0 Å². The molecule has 0 heterocycles. The number of hydrogen-bond acceptors (Lipinski definition) is 3. The van der Waals surface area contributed by atoms with Crippen LogP contribution in [-0.4, -0.2) is 18.2 Å². The fraction of sp³-hybridized carbons (Fsp3) is 0.125. The topological polar surface area (TPSA) is 58.2 Å². The summed E-state index contributed by atoms with van der Waals surface area (Å²) in [6.07, 6.45) is 0. The number of amides is 1. The lowest BCUT2D eigenvalue weighted by molar-refractivity contribution is -0.114. The highest BCUT2D eigenvalue weighted by Crippen LogP contribution is 2.16. The molecule has 1 amide bonds. The van der Waals surface area contributed by atoms with Crippen LogP contribution >= 0.6 is 0 Å². The van der Waals surface area contributed by atoms with Crippen molar-refractivity contribution in [2.75, 3.05) is 17.2 Å². The predicted octanol–water partition coefficient (Wildman–Crippen LogP) is 3.08. The van der Waals surface area contributed by atoms with Crippen LogP contribution in [0.1, 0.15) is 17.3 Å². The minimum absolute atomic E-state index is 0.0901. The summed E-state index contributed by atoms with van der Waals surface area (Å²) in [5.41, 5.74) is 1.15. The molecule has 2 aromatic rings. The highest BCUT2D eigenvalue weighted by Gasteiger charge is 2.10. The van der Waals surface area contributed by atoms with Crippen LogP contribution in [0, 0.1) is 5.82 Å². The summed E-state index contributed by atoms with van der Waals surface area (Å²) in [5, 5.41) is 5.35. The lowest BCUT2D eigenvalue weighted by Crippen LogP contribution is -2.23. The molecule has 0 unspecified atom stereocenters. The molecule has 0 fully saturated rings. The second-order valence-electron chi connectivity index (χ2n) is 4.48. The Labute approximate surface area is 122 Å². The standard InChI is InChI=1S/C16H15FN2O2/c1-11(20)12-6-2-4-8-14(12)19-16(21)10-18-15-9-5-3-7-13(15)17/h2-9,18H,10H2,1H3,(H,19,21). The van der Waals surface area contributed by atoms with E-state index in [1.54, 1.807) is 42.5 Å². The first-order valence-electron chi connectivity index (χ1n) is 6.46. The zero-order chi connectivity index (χ0) is 15.2. The van der Waals surface area contributed by atoms with E-state index in [2.05, 4.69) is 10.6 Å². The van der Waals surface area contributed by atoms with E-state index < -0.39 is 5.82 Å². The zero-order valence-corrected chi connectivity index (χ0v) is 11.5. The lowest BCUT2D eigenvalue weighted by Gasteiger charge is -2.10. The van der Waals surface area contributed by atoms with Gasteiger partial charge in [0.1, 0.15) is 5.82 Å². The number of carbonyl (C=O) groups is 2. The summed E-state index contributed by atoms with van der Waals surface area (Å²) in [7, 11) is 0. The van der Waals surface area contributed by atoms with Crippen molar-refractivity contribution in [1.29, 1.82) is 0 Å². The van der Waals surface area contributed by atoms with Crippen molar-refractivity contribution < 1.29 is 14.0 Å². The maximum absolute atomic E-state index is 13.4. The predicted molar refractivity (Wildman–Crippen MR) is 80.0 cm³/mol. The highest BCUT2D eigenvalue weighted by atomic mass is 19.1. The molecule has 0 atom stereocenters. The van der Waals surface area contributed by atoms with Crippen LogP contribution in [0.4, 0.5) is 15.8 Å². The van der Waals surface area contributed by atoms with E-state index in [1.165, 1.54) is 13.0 Å². The number of ketones is 1. The van der Waals surface area contributed by atoms with Crippen LogP contribution in [-0.2, 0) is 4.79 Å². The Morgan fingerprint density at radius 1 is 1.00 bits per heavy atom. The van der Waals surface area contributed by atoms with Gasteiger partial charge in [0.15, 0.2) is 5.78 Å². The number of Topliss-reactive ketones (excluding diaryl/α,β-unsaturated/α-hetero) is 1. The first-order chi connectivity index (χ1) is 10.1. The van der Waals surface area contributed by atoms with Crippen molar-refractivity contribution in [3.63, 3.8) is 0 Å². The van der Waals surface area contributed by atoms with Gasteiger partial charge in [-0.05, 0) is 31.2 Å². The van der Waals surface area contributed by atoms with Gasteiger partial charge >= 0.3 is 0 Å². The summed E-state index contributed by atoms with van der Waals surface area (Å²) in [5.74, 6) is -0.908. The number of anilines is 2. The first kappa shape index (κ1) is 14.7. The van der Waals surface area contributed by atoms with Gasteiger partial charge in [-0.3, -0.25) is 9.59 Å². The second-order valence-corrected chi connectivity index (χ2v) is 4.48. The maximum Gasteiger partial charge on any atom is 0.243 e. The van der Waals surface area contributed by atoms with Gasteiger partial charge in [-0.1, -0.05) is 24.3 Å². The summed E-state index contributed by atoms with van der Waals surface area (Å²) in [4.78, 5) is 23.3. The molecule has 0 aliphatic rings. The van der Waals surface area contributed by atoms with Crippen LogP contribution in [0.25, 0.3) is 0 Å². The second kappa shape index (κ2) is 6.65. The van der Waals surface area contributed by atoms with E-state index in [4.69, 9.17) is 0 Å². The van der Waals surface area contributed by atoms with Crippen LogP contribution in [0.15, 0.2) is 48.5 Å². The molecule has 0 saturated carbocycles. The molecule has 21 heavy (non-hydrogen) atoms. The molecular formula is C16H15FN2O2. The number of hydrogen-bond donors (Lipinski definition) is 2. The normalized spacial score (nSPS) is 10.0. The van der Waals surface area contributed by atoms with E-state index in [1.807, 2.05) is 0 Å². The third-order valence-corrected chi connectivity index (χ3v) is 2.89. The SMILES string of the molecule is CC(=O)c1ccccc1NC(=O)CNc1ccccc1F. The van der Waals surface area contributed by atoms with Gasteiger partial charge in [-0.15, -0.1) is 0 Å². The molecule has 0 spiro atoms. The Kier molecular flexibility index (Phi) is 4.66. The number of benzene rings is 2. The van der Waals surface area contributed by atoms with Crippen molar-refractivity contribution in [1.82, 2.24) is 0 Å². The van der Waals surface area contributed by atoms with Gasteiger partial charge in [0, 0.05) is 5.56 Å². The van der Waals surface area contributed by atoms with E-state index in [0.29, 0.717) is 11.3 Å². The summed E-state index contributed by atoms with van der Waals surface area (Å²) in [6.45, 7) is 1.34. The molecule has 0 aromatic heterocycles. The smallest absolute Gasteiger partial charge is 0.243 e. The number of nitrogens with one attached hydrogen (secondary N) is 2. The number of para-hydroxylation sites is 2. The summed E-state index contributed by atoms with van der Waals surface area (Å²) >= 11 is 0. The van der Waals surface area contributed by atoms with Gasteiger partial charge < -0.3 is 10.6 Å². The van der Waals surface area contributed by atoms with E-state index in [9.17, 15) is 14.0 Å². The largest absolute Gasteiger partial charge is 0.374 e. The third-order valence-electron chi connectivity index (χ3n) is 2.89. The molecule has 0 saturated heterocycles. The zero-order valence-electron chi connectivity index (χ0n) is 11.5. The van der Waals surface area contributed by atoms with E-state index in [0.717, 1.165) is 0 Å². The maximum atomic E-state index is 13.4. The monoisotopic (exact) mass is 286 g/mol. The molecular weight excluding hydrogens is 271 g/mol. The van der Waals surface area contributed by atoms with Crippen molar-refractivity contribution in [2.45, 2.75) is 6.92 Å². The molecule has 2 N–H and O–H groups in total. The number of halogens is 1. The lowest BCUT2D eigenvalue weighted by atomic mass is 10.1. The molecule has 108 valence electrons. The Morgan fingerprint density at radius 2 is 1.62 bits per heavy atom.